The van der Waals surface area contributed by atoms with Gasteiger partial charge in [0.25, 0.3) is 0 Å². The van der Waals surface area contributed by atoms with E-state index in [9.17, 15) is 5.11 Å². The minimum atomic E-state index is -0.344. The SMILES string of the molecule is CC(C)(C)C(O)CNC1CCCOc2ccccc21. The average molecular weight is 263 g/mol. The van der Waals surface area contributed by atoms with Gasteiger partial charge in [0.05, 0.1) is 12.7 Å². The van der Waals surface area contributed by atoms with Crippen molar-refractivity contribution in [2.75, 3.05) is 13.2 Å². The Morgan fingerprint density at radius 3 is 2.84 bits per heavy atom. The molecule has 3 nitrogen and oxygen atoms in total. The first-order valence-corrected chi connectivity index (χ1v) is 7.11. The topological polar surface area (TPSA) is 41.5 Å². The van der Waals surface area contributed by atoms with Crippen LogP contribution in [0.15, 0.2) is 24.3 Å². The highest BCUT2D eigenvalue weighted by Gasteiger charge is 2.24. The third kappa shape index (κ3) is 3.71. The van der Waals surface area contributed by atoms with Crippen LogP contribution in [0.2, 0.25) is 0 Å². The van der Waals surface area contributed by atoms with Gasteiger partial charge < -0.3 is 15.2 Å². The molecule has 2 atom stereocenters. The van der Waals surface area contributed by atoms with Gasteiger partial charge in [-0.05, 0) is 24.3 Å². The van der Waals surface area contributed by atoms with Gasteiger partial charge >= 0.3 is 0 Å². The summed E-state index contributed by atoms with van der Waals surface area (Å²) in [5.41, 5.74) is 1.12. The molecule has 0 saturated carbocycles. The van der Waals surface area contributed by atoms with E-state index >= 15 is 0 Å². The van der Waals surface area contributed by atoms with Crippen molar-refractivity contribution in [3.8, 4) is 5.75 Å². The second kappa shape index (κ2) is 5.93. The summed E-state index contributed by atoms with van der Waals surface area (Å²) in [6.45, 7) is 7.57. The van der Waals surface area contributed by atoms with E-state index in [2.05, 4.69) is 32.2 Å². The van der Waals surface area contributed by atoms with E-state index in [1.54, 1.807) is 0 Å². The summed E-state index contributed by atoms with van der Waals surface area (Å²) >= 11 is 0. The molecule has 0 aromatic heterocycles. The normalized spacial score (nSPS) is 21.2. The van der Waals surface area contributed by atoms with Gasteiger partial charge in [0.15, 0.2) is 0 Å². The van der Waals surface area contributed by atoms with Crippen LogP contribution < -0.4 is 10.1 Å². The summed E-state index contributed by atoms with van der Waals surface area (Å²) < 4.78 is 5.75. The molecule has 0 bridgehead atoms. The highest BCUT2D eigenvalue weighted by atomic mass is 16.5. The number of hydrogen-bond donors (Lipinski definition) is 2. The molecule has 0 radical (unpaired) electrons. The Kier molecular flexibility index (Phi) is 4.48. The lowest BCUT2D eigenvalue weighted by atomic mass is 9.89. The molecule has 19 heavy (non-hydrogen) atoms. The number of fused-ring (bicyclic) bond motifs is 1. The molecule has 0 aliphatic carbocycles. The minimum Gasteiger partial charge on any atom is -0.493 e. The Balaban J connectivity index is 2.04. The van der Waals surface area contributed by atoms with Crippen molar-refractivity contribution >= 4 is 0 Å². The number of rotatable bonds is 3. The largest absolute Gasteiger partial charge is 0.493 e. The maximum Gasteiger partial charge on any atom is 0.124 e. The highest BCUT2D eigenvalue weighted by molar-refractivity contribution is 5.36. The zero-order valence-corrected chi connectivity index (χ0v) is 12.1. The minimum absolute atomic E-state index is 0.0895. The molecular formula is C16H25NO2. The van der Waals surface area contributed by atoms with E-state index in [4.69, 9.17) is 4.74 Å². The summed E-state index contributed by atoms with van der Waals surface area (Å²) in [6.07, 6.45) is 1.75. The molecule has 1 aliphatic heterocycles. The van der Waals surface area contributed by atoms with Crippen molar-refractivity contribution in [2.45, 2.75) is 45.8 Å². The van der Waals surface area contributed by atoms with Crippen LogP contribution in [0.25, 0.3) is 0 Å². The first-order valence-electron chi connectivity index (χ1n) is 7.11. The fourth-order valence-corrected chi connectivity index (χ4v) is 2.30. The number of nitrogens with one attached hydrogen (secondary N) is 1. The van der Waals surface area contributed by atoms with Crippen molar-refractivity contribution in [1.29, 1.82) is 0 Å². The Labute approximate surface area is 116 Å². The summed E-state index contributed by atoms with van der Waals surface area (Å²) in [5.74, 6) is 0.975. The summed E-state index contributed by atoms with van der Waals surface area (Å²) in [7, 11) is 0. The van der Waals surface area contributed by atoms with E-state index in [1.165, 1.54) is 5.56 Å². The third-order valence-electron chi connectivity index (χ3n) is 3.75. The Bertz CT molecular complexity index is 411. The molecular weight excluding hydrogens is 238 g/mol. The molecule has 1 heterocycles. The average Bonchev–Trinajstić information content (AvgIpc) is 2.57. The number of para-hydroxylation sites is 1. The standard InChI is InChI=1S/C16H25NO2/c1-16(2,3)15(18)11-17-13-8-6-10-19-14-9-5-4-7-12(13)14/h4-5,7,9,13,15,17-18H,6,8,10-11H2,1-3H3. The number of aliphatic hydroxyl groups excluding tert-OH is 1. The van der Waals surface area contributed by atoms with Crippen molar-refractivity contribution in [3.63, 3.8) is 0 Å². The van der Waals surface area contributed by atoms with Gasteiger partial charge in [0.2, 0.25) is 0 Å². The molecule has 3 heteroatoms. The Morgan fingerprint density at radius 1 is 1.37 bits per heavy atom. The number of benzene rings is 1. The number of hydrogen-bond acceptors (Lipinski definition) is 3. The van der Waals surface area contributed by atoms with Gasteiger partial charge in [-0.25, -0.2) is 0 Å². The van der Waals surface area contributed by atoms with Crippen molar-refractivity contribution in [1.82, 2.24) is 5.32 Å². The molecule has 2 N–H and O–H groups in total. The predicted octanol–water partition coefficient (Wildman–Crippen LogP) is 2.90. The van der Waals surface area contributed by atoms with Crippen LogP contribution in [0.5, 0.6) is 5.75 Å². The molecule has 2 rings (SSSR count). The van der Waals surface area contributed by atoms with E-state index in [1.807, 2.05) is 18.2 Å². The lowest BCUT2D eigenvalue weighted by Gasteiger charge is -2.28. The first kappa shape index (κ1) is 14.4. The van der Waals surface area contributed by atoms with Crippen LogP contribution in [0.3, 0.4) is 0 Å². The van der Waals surface area contributed by atoms with Gasteiger partial charge in [-0.1, -0.05) is 39.0 Å². The highest BCUT2D eigenvalue weighted by Crippen LogP contribution is 2.31. The van der Waals surface area contributed by atoms with Gasteiger partial charge in [-0.15, -0.1) is 0 Å². The van der Waals surface area contributed by atoms with E-state index in [-0.39, 0.29) is 17.6 Å². The van der Waals surface area contributed by atoms with Gasteiger partial charge in [-0.2, -0.15) is 0 Å². The second-order valence-corrected chi connectivity index (χ2v) is 6.37. The Hall–Kier alpha value is -1.06. The van der Waals surface area contributed by atoms with Crippen molar-refractivity contribution in [2.24, 2.45) is 5.41 Å². The number of ether oxygens (including phenoxy) is 1. The van der Waals surface area contributed by atoms with E-state index in [0.717, 1.165) is 25.2 Å². The summed E-state index contributed by atoms with van der Waals surface area (Å²) in [5, 5.41) is 13.6. The third-order valence-corrected chi connectivity index (χ3v) is 3.75. The lowest BCUT2D eigenvalue weighted by molar-refractivity contribution is 0.0601. The molecule has 2 unspecified atom stereocenters. The molecule has 0 fully saturated rings. The molecule has 0 saturated heterocycles. The molecule has 106 valence electrons. The van der Waals surface area contributed by atoms with Crippen molar-refractivity contribution < 1.29 is 9.84 Å². The quantitative estimate of drug-likeness (QED) is 0.881. The Morgan fingerprint density at radius 2 is 2.11 bits per heavy atom. The predicted molar refractivity (Wildman–Crippen MR) is 77.4 cm³/mol. The second-order valence-electron chi connectivity index (χ2n) is 6.37. The maximum atomic E-state index is 10.1. The smallest absolute Gasteiger partial charge is 0.124 e. The molecule has 1 aromatic carbocycles. The van der Waals surface area contributed by atoms with Crippen LogP contribution in [-0.4, -0.2) is 24.4 Å². The van der Waals surface area contributed by atoms with Gasteiger partial charge in [0.1, 0.15) is 5.75 Å². The number of aliphatic hydroxyl groups is 1. The van der Waals surface area contributed by atoms with Gasteiger partial charge in [0, 0.05) is 18.2 Å². The molecule has 0 amide bonds. The maximum absolute atomic E-state index is 10.1. The van der Waals surface area contributed by atoms with Gasteiger partial charge in [-0.3, -0.25) is 0 Å². The molecule has 1 aromatic rings. The summed E-state index contributed by atoms with van der Waals surface area (Å²) in [4.78, 5) is 0. The van der Waals surface area contributed by atoms with Crippen LogP contribution in [0, 0.1) is 5.41 Å². The molecule has 1 aliphatic rings. The van der Waals surface area contributed by atoms with Crippen LogP contribution >= 0.6 is 0 Å². The fraction of sp³-hybridized carbons (Fsp3) is 0.625. The zero-order valence-electron chi connectivity index (χ0n) is 12.1. The first-order chi connectivity index (χ1) is 8.98. The zero-order chi connectivity index (χ0) is 13.9. The van der Waals surface area contributed by atoms with Crippen LogP contribution in [-0.2, 0) is 0 Å². The molecule has 0 spiro atoms. The fourth-order valence-electron chi connectivity index (χ4n) is 2.30. The summed E-state index contributed by atoms with van der Waals surface area (Å²) in [6, 6.07) is 8.46. The lowest BCUT2D eigenvalue weighted by Crippen LogP contribution is -2.38. The van der Waals surface area contributed by atoms with Crippen LogP contribution in [0.4, 0.5) is 0 Å². The van der Waals surface area contributed by atoms with E-state index < -0.39 is 0 Å². The van der Waals surface area contributed by atoms with E-state index in [0.29, 0.717) is 6.54 Å². The van der Waals surface area contributed by atoms with Crippen LogP contribution in [0.1, 0.15) is 45.2 Å². The monoisotopic (exact) mass is 263 g/mol. The van der Waals surface area contributed by atoms with Crippen molar-refractivity contribution in [3.05, 3.63) is 29.8 Å².